The van der Waals surface area contributed by atoms with E-state index in [0.717, 1.165) is 6.54 Å². The Morgan fingerprint density at radius 1 is 1.67 bits per heavy atom. The molecule has 0 bridgehead atoms. The second-order valence-electron chi connectivity index (χ2n) is 1.38. The Hall–Kier alpha value is 0.428. The van der Waals surface area contributed by atoms with E-state index in [1.54, 1.807) is 0 Å². The molecule has 0 fully saturated rings. The van der Waals surface area contributed by atoms with Gasteiger partial charge < -0.3 is 0 Å². The first kappa shape index (κ1) is 6.43. The molecule has 0 N–H and O–H groups in total. The van der Waals surface area contributed by atoms with Crippen LogP contribution in [0.1, 0.15) is 0 Å². The van der Waals surface area contributed by atoms with E-state index in [1.165, 1.54) is 19.2 Å². The van der Waals surface area contributed by atoms with Gasteiger partial charge in [-0.05, 0) is 0 Å². The Balaban J connectivity index is 2.88. The molecule has 0 atom stereocenters. The predicted octanol–water partition coefficient (Wildman–Crippen LogP) is 0.0540. The standard InChI is InChI=1S/C4H8N.W/c1-4-5(2)3;/h4H2,2-3H3;/q;+1. The van der Waals surface area contributed by atoms with Gasteiger partial charge >= 0.3 is 48.9 Å². The van der Waals surface area contributed by atoms with Gasteiger partial charge in [-0.25, -0.2) is 0 Å². The molecule has 0 amide bonds. The van der Waals surface area contributed by atoms with E-state index in [1.807, 2.05) is 14.1 Å². The van der Waals surface area contributed by atoms with E-state index >= 15 is 0 Å². The van der Waals surface area contributed by atoms with E-state index in [0.29, 0.717) is 0 Å². The molecule has 0 aromatic heterocycles. The fourth-order valence-corrected chi connectivity index (χ4v) is 1.06. The van der Waals surface area contributed by atoms with Crippen molar-refractivity contribution in [2.75, 3.05) is 20.6 Å². The van der Waals surface area contributed by atoms with Gasteiger partial charge in [-0.3, -0.25) is 0 Å². The number of nitrogens with zero attached hydrogens (tertiary/aromatic N) is 1. The summed E-state index contributed by atoms with van der Waals surface area (Å²) in [6, 6.07) is 0. The van der Waals surface area contributed by atoms with Crippen molar-refractivity contribution in [2.24, 2.45) is 0 Å². The summed E-state index contributed by atoms with van der Waals surface area (Å²) in [5, 5.41) is 0. The fraction of sp³-hybridized carbons (Fsp3) is 0.750. The van der Waals surface area contributed by atoms with Crippen LogP contribution < -0.4 is 0 Å². The van der Waals surface area contributed by atoms with Crippen LogP contribution >= 0.6 is 0 Å². The quantitative estimate of drug-likeness (QED) is 0.639. The van der Waals surface area contributed by atoms with Gasteiger partial charge in [0.2, 0.25) is 0 Å². The SMILES string of the molecule is CN(C)C[C]#[W+]. The third-order valence-electron chi connectivity index (χ3n) is 0.381. The maximum atomic E-state index is 3.08. The second-order valence-corrected chi connectivity index (χ2v) is 2.42. The monoisotopic (exact) mass is 254 g/mol. The minimum atomic E-state index is 0.995. The van der Waals surface area contributed by atoms with Gasteiger partial charge in [0.25, 0.3) is 0 Å². The van der Waals surface area contributed by atoms with Gasteiger partial charge in [0.15, 0.2) is 0 Å². The Bertz CT molecular complexity index is 62.4. The van der Waals surface area contributed by atoms with Crippen LogP contribution in [-0.4, -0.2) is 25.5 Å². The molecule has 0 rings (SSSR count). The van der Waals surface area contributed by atoms with Crippen molar-refractivity contribution in [3.8, 4) is 4.20 Å². The van der Waals surface area contributed by atoms with E-state index in [4.69, 9.17) is 0 Å². The zero-order valence-electron chi connectivity index (χ0n) is 4.06. The molecule has 34 valence electrons. The predicted molar refractivity (Wildman–Crippen MR) is 22.4 cm³/mol. The van der Waals surface area contributed by atoms with E-state index < -0.39 is 0 Å². The van der Waals surface area contributed by atoms with Gasteiger partial charge in [-0.15, -0.1) is 0 Å². The van der Waals surface area contributed by atoms with Crippen molar-refractivity contribution < 1.29 is 19.2 Å². The molecule has 0 aliphatic carbocycles. The number of hydrogen-bond donors (Lipinski definition) is 0. The van der Waals surface area contributed by atoms with Gasteiger partial charge in [0.05, 0.1) is 0 Å². The summed E-state index contributed by atoms with van der Waals surface area (Å²) >= 11 is 1.43. The molecule has 0 aromatic rings. The molecule has 1 nitrogen and oxygen atoms in total. The Morgan fingerprint density at radius 3 is 2.17 bits per heavy atom. The molecule has 0 spiro atoms. The Labute approximate surface area is 49.3 Å². The van der Waals surface area contributed by atoms with E-state index in [-0.39, 0.29) is 0 Å². The van der Waals surface area contributed by atoms with Crippen molar-refractivity contribution in [3.63, 3.8) is 0 Å². The van der Waals surface area contributed by atoms with Crippen LogP contribution in [0.25, 0.3) is 0 Å². The van der Waals surface area contributed by atoms with E-state index in [2.05, 4.69) is 9.10 Å². The summed E-state index contributed by atoms with van der Waals surface area (Å²) in [6.45, 7) is 0.995. The molecule has 0 unspecified atom stereocenters. The fourth-order valence-electron chi connectivity index (χ4n) is 0.129. The first-order valence-electron chi connectivity index (χ1n) is 1.77. The molecule has 2 heteroatoms. The van der Waals surface area contributed by atoms with Crippen molar-refractivity contribution in [1.82, 2.24) is 4.90 Å². The molecule has 0 aromatic carbocycles. The maximum absolute atomic E-state index is 3.08. The third kappa shape index (κ3) is 4.43. The zero-order chi connectivity index (χ0) is 4.99. The average Bonchev–Trinajstić information content (AvgIpc) is 1.35. The Kier molecular flexibility index (Phi) is 3.87. The van der Waals surface area contributed by atoms with Crippen LogP contribution in [0.4, 0.5) is 0 Å². The van der Waals surface area contributed by atoms with Crippen molar-refractivity contribution >= 4 is 0 Å². The van der Waals surface area contributed by atoms with Gasteiger partial charge in [0.1, 0.15) is 0 Å². The molecule has 0 aliphatic heterocycles. The molecular formula is C4H8NW+. The van der Waals surface area contributed by atoms with Crippen LogP contribution in [0.5, 0.6) is 0 Å². The van der Waals surface area contributed by atoms with Crippen molar-refractivity contribution in [2.45, 2.75) is 0 Å². The van der Waals surface area contributed by atoms with Gasteiger partial charge in [0, 0.05) is 0 Å². The molecule has 0 saturated carbocycles. The van der Waals surface area contributed by atoms with Crippen LogP contribution in [0.2, 0.25) is 0 Å². The first-order chi connectivity index (χ1) is 2.77. The van der Waals surface area contributed by atoms with Gasteiger partial charge in [-0.1, -0.05) is 0 Å². The number of rotatable bonds is 1. The molecule has 0 heterocycles. The molecular weight excluding hydrogens is 246 g/mol. The van der Waals surface area contributed by atoms with E-state index in [9.17, 15) is 0 Å². The normalized spacial score (nSPS) is 8.33. The Morgan fingerprint density at radius 2 is 2.17 bits per heavy atom. The zero-order valence-corrected chi connectivity index (χ0v) is 7.00. The average molecular weight is 254 g/mol. The second kappa shape index (κ2) is 3.61. The molecule has 0 saturated heterocycles. The summed E-state index contributed by atoms with van der Waals surface area (Å²) in [6.07, 6.45) is 0. The third-order valence-corrected chi connectivity index (χ3v) is 0.845. The van der Waals surface area contributed by atoms with Crippen molar-refractivity contribution in [3.05, 3.63) is 0 Å². The van der Waals surface area contributed by atoms with Crippen LogP contribution in [-0.2, 0) is 19.2 Å². The summed E-state index contributed by atoms with van der Waals surface area (Å²) in [4.78, 5) is 2.09. The first-order valence-corrected chi connectivity index (χ1v) is 3.24. The van der Waals surface area contributed by atoms with Crippen LogP contribution in [0.3, 0.4) is 0 Å². The summed E-state index contributed by atoms with van der Waals surface area (Å²) in [7, 11) is 4.08. The summed E-state index contributed by atoms with van der Waals surface area (Å²) < 4.78 is 3.08. The summed E-state index contributed by atoms with van der Waals surface area (Å²) in [5.41, 5.74) is 0. The molecule has 0 radical (unpaired) electrons. The van der Waals surface area contributed by atoms with Gasteiger partial charge in [-0.2, -0.15) is 0 Å². The molecule has 0 aliphatic rings. The topological polar surface area (TPSA) is 3.24 Å². The minimum absolute atomic E-state index is 0.995. The number of hydrogen-bond acceptors (Lipinski definition) is 1. The van der Waals surface area contributed by atoms with Crippen LogP contribution in [0.15, 0.2) is 0 Å². The molecule has 6 heavy (non-hydrogen) atoms. The van der Waals surface area contributed by atoms with Crippen molar-refractivity contribution in [1.29, 1.82) is 0 Å². The summed E-state index contributed by atoms with van der Waals surface area (Å²) in [5.74, 6) is 0. The van der Waals surface area contributed by atoms with Crippen LogP contribution in [0, 0.1) is 4.20 Å².